The molecule has 2 aromatic carbocycles. The Morgan fingerprint density at radius 2 is 2.12 bits per heavy atom. The van der Waals surface area contributed by atoms with Gasteiger partial charge in [-0.2, -0.15) is 0 Å². The molecule has 1 atom stereocenters. The standard InChI is InChI=1S/C20H20ClN3O/c21-15-6-3-5-14(13-15)10-11-19(25)24-12-4-9-18(24)20-22-16-7-1-2-8-17(16)23-20/h1-3,5-8,13,18H,4,9-12H2,(H,22,23). The summed E-state index contributed by atoms with van der Waals surface area (Å²) >= 11 is 6.02. The van der Waals surface area contributed by atoms with Gasteiger partial charge in [0, 0.05) is 18.0 Å². The number of nitrogens with one attached hydrogen (secondary N) is 1. The first-order valence-corrected chi connectivity index (χ1v) is 9.07. The van der Waals surface area contributed by atoms with E-state index in [2.05, 4.69) is 4.98 Å². The zero-order valence-electron chi connectivity index (χ0n) is 13.9. The zero-order chi connectivity index (χ0) is 17.2. The fraction of sp³-hybridized carbons (Fsp3) is 0.300. The van der Waals surface area contributed by atoms with Crippen LogP contribution in [0.3, 0.4) is 0 Å². The molecule has 0 radical (unpaired) electrons. The van der Waals surface area contributed by atoms with Gasteiger partial charge in [0.2, 0.25) is 5.91 Å². The monoisotopic (exact) mass is 353 g/mol. The van der Waals surface area contributed by atoms with Crippen molar-refractivity contribution in [3.8, 4) is 0 Å². The maximum absolute atomic E-state index is 12.8. The van der Waals surface area contributed by atoms with E-state index in [4.69, 9.17) is 16.6 Å². The van der Waals surface area contributed by atoms with E-state index in [1.165, 1.54) is 0 Å². The lowest BCUT2D eigenvalue weighted by molar-refractivity contribution is -0.132. The number of hydrogen-bond donors (Lipinski definition) is 1. The Kier molecular flexibility index (Phi) is 4.45. The van der Waals surface area contributed by atoms with Gasteiger partial charge in [0.25, 0.3) is 0 Å². The summed E-state index contributed by atoms with van der Waals surface area (Å²) in [6.45, 7) is 0.802. The van der Waals surface area contributed by atoms with Crippen LogP contribution < -0.4 is 0 Å². The number of fused-ring (bicyclic) bond motifs is 1. The molecule has 128 valence electrons. The van der Waals surface area contributed by atoms with Crippen molar-refractivity contribution in [3.05, 3.63) is 64.9 Å². The molecule has 4 nitrogen and oxygen atoms in total. The lowest BCUT2D eigenvalue weighted by Gasteiger charge is -2.23. The van der Waals surface area contributed by atoms with E-state index in [1.807, 2.05) is 53.4 Å². The minimum atomic E-state index is 0.0549. The molecule has 0 aliphatic carbocycles. The number of imidazole rings is 1. The van der Waals surface area contributed by atoms with Crippen LogP contribution in [0.25, 0.3) is 11.0 Å². The zero-order valence-corrected chi connectivity index (χ0v) is 14.7. The number of carbonyl (C=O) groups excluding carboxylic acids is 1. The highest BCUT2D eigenvalue weighted by Crippen LogP contribution is 2.32. The average molecular weight is 354 g/mol. The van der Waals surface area contributed by atoms with Gasteiger partial charge < -0.3 is 9.88 Å². The van der Waals surface area contributed by atoms with Crippen molar-refractivity contribution in [2.45, 2.75) is 31.7 Å². The number of hydrogen-bond acceptors (Lipinski definition) is 2. The van der Waals surface area contributed by atoms with Crippen LogP contribution in [0.1, 0.15) is 36.7 Å². The van der Waals surface area contributed by atoms with Gasteiger partial charge in [0.05, 0.1) is 17.1 Å². The number of halogens is 1. The first-order valence-electron chi connectivity index (χ1n) is 8.69. The maximum atomic E-state index is 12.8. The molecule has 3 aromatic rings. The summed E-state index contributed by atoms with van der Waals surface area (Å²) in [7, 11) is 0. The third-order valence-corrected chi connectivity index (χ3v) is 5.05. The number of aromatic nitrogens is 2. The second-order valence-corrected chi connectivity index (χ2v) is 6.95. The highest BCUT2D eigenvalue weighted by atomic mass is 35.5. The lowest BCUT2D eigenvalue weighted by Crippen LogP contribution is -2.31. The van der Waals surface area contributed by atoms with Gasteiger partial charge in [-0.25, -0.2) is 4.98 Å². The largest absolute Gasteiger partial charge is 0.340 e. The fourth-order valence-electron chi connectivity index (χ4n) is 3.57. The van der Waals surface area contributed by atoms with E-state index in [9.17, 15) is 4.79 Å². The quantitative estimate of drug-likeness (QED) is 0.750. The van der Waals surface area contributed by atoms with Gasteiger partial charge in [-0.05, 0) is 49.1 Å². The highest BCUT2D eigenvalue weighted by molar-refractivity contribution is 6.30. The fourth-order valence-corrected chi connectivity index (χ4v) is 3.78. The van der Waals surface area contributed by atoms with Gasteiger partial charge in [0.1, 0.15) is 5.82 Å². The molecular weight excluding hydrogens is 334 g/mol. The van der Waals surface area contributed by atoms with Gasteiger partial charge in [-0.1, -0.05) is 35.9 Å². The smallest absolute Gasteiger partial charge is 0.223 e. The molecule has 5 heteroatoms. The predicted octanol–water partition coefficient (Wildman–Crippen LogP) is 4.51. The second kappa shape index (κ2) is 6.89. The Bertz CT molecular complexity index is 872. The van der Waals surface area contributed by atoms with E-state index in [0.717, 1.165) is 41.8 Å². The number of H-pyrrole nitrogens is 1. The summed E-state index contributed by atoms with van der Waals surface area (Å²) in [6, 6.07) is 15.8. The molecule has 1 amide bonds. The Morgan fingerprint density at radius 1 is 1.24 bits per heavy atom. The molecule has 1 aromatic heterocycles. The number of amides is 1. The van der Waals surface area contributed by atoms with Gasteiger partial charge in [0.15, 0.2) is 0 Å². The molecule has 1 aliphatic rings. The van der Waals surface area contributed by atoms with Crippen molar-refractivity contribution in [2.75, 3.05) is 6.54 Å². The van der Waals surface area contributed by atoms with Crippen molar-refractivity contribution in [2.24, 2.45) is 0 Å². The van der Waals surface area contributed by atoms with E-state index in [1.54, 1.807) is 0 Å². The lowest BCUT2D eigenvalue weighted by atomic mass is 10.1. The van der Waals surface area contributed by atoms with Crippen LogP contribution in [0.2, 0.25) is 5.02 Å². The number of aromatic amines is 1. The van der Waals surface area contributed by atoms with Crippen LogP contribution in [0.4, 0.5) is 0 Å². The van der Waals surface area contributed by atoms with E-state index in [0.29, 0.717) is 17.9 Å². The summed E-state index contributed by atoms with van der Waals surface area (Å²) in [5.41, 5.74) is 3.08. The van der Waals surface area contributed by atoms with Crippen LogP contribution in [-0.4, -0.2) is 27.3 Å². The number of nitrogens with zero attached hydrogens (tertiary/aromatic N) is 2. The van der Waals surface area contributed by atoms with Crippen LogP contribution >= 0.6 is 11.6 Å². The van der Waals surface area contributed by atoms with E-state index < -0.39 is 0 Å². The summed E-state index contributed by atoms with van der Waals surface area (Å²) in [6.07, 6.45) is 3.19. The van der Waals surface area contributed by atoms with Crippen LogP contribution in [0.5, 0.6) is 0 Å². The number of benzene rings is 2. The molecule has 1 fully saturated rings. The Hall–Kier alpha value is -2.33. The highest BCUT2D eigenvalue weighted by Gasteiger charge is 2.31. The first-order chi connectivity index (χ1) is 12.2. The molecule has 1 unspecified atom stereocenters. The van der Waals surface area contributed by atoms with Crippen molar-refractivity contribution in [3.63, 3.8) is 0 Å². The Balaban J connectivity index is 1.47. The maximum Gasteiger partial charge on any atom is 0.223 e. The number of aryl methyl sites for hydroxylation is 1. The van der Waals surface area contributed by atoms with Crippen molar-refractivity contribution in [1.29, 1.82) is 0 Å². The molecule has 0 bridgehead atoms. The van der Waals surface area contributed by atoms with Crippen LogP contribution in [0, 0.1) is 0 Å². The topological polar surface area (TPSA) is 49.0 Å². The van der Waals surface area contributed by atoms with Gasteiger partial charge >= 0.3 is 0 Å². The first kappa shape index (κ1) is 16.2. The summed E-state index contributed by atoms with van der Waals surface area (Å²) < 4.78 is 0. The Labute approximate surface area is 151 Å². The molecule has 0 saturated carbocycles. The summed E-state index contributed by atoms with van der Waals surface area (Å²) in [4.78, 5) is 22.8. The number of likely N-dealkylation sites (tertiary alicyclic amines) is 1. The van der Waals surface area contributed by atoms with Crippen molar-refractivity contribution in [1.82, 2.24) is 14.9 Å². The number of rotatable bonds is 4. The molecule has 4 rings (SSSR count). The SMILES string of the molecule is O=C(CCc1cccc(Cl)c1)N1CCCC1c1nc2ccccc2[nH]1. The third kappa shape index (κ3) is 3.40. The molecule has 1 N–H and O–H groups in total. The number of para-hydroxylation sites is 2. The minimum absolute atomic E-state index is 0.0549. The normalized spacial score (nSPS) is 17.3. The Morgan fingerprint density at radius 3 is 2.96 bits per heavy atom. The molecule has 25 heavy (non-hydrogen) atoms. The third-order valence-electron chi connectivity index (χ3n) is 4.81. The van der Waals surface area contributed by atoms with Crippen molar-refractivity contribution < 1.29 is 4.79 Å². The number of carbonyl (C=O) groups is 1. The van der Waals surface area contributed by atoms with E-state index >= 15 is 0 Å². The molecule has 0 spiro atoms. The second-order valence-electron chi connectivity index (χ2n) is 6.51. The molecule has 1 aliphatic heterocycles. The van der Waals surface area contributed by atoms with Crippen LogP contribution in [-0.2, 0) is 11.2 Å². The minimum Gasteiger partial charge on any atom is -0.340 e. The van der Waals surface area contributed by atoms with Gasteiger partial charge in [-0.3, -0.25) is 4.79 Å². The van der Waals surface area contributed by atoms with E-state index in [-0.39, 0.29) is 11.9 Å². The van der Waals surface area contributed by atoms with Crippen molar-refractivity contribution >= 4 is 28.5 Å². The summed E-state index contributed by atoms with van der Waals surface area (Å²) in [5.74, 6) is 1.08. The van der Waals surface area contributed by atoms with Crippen LogP contribution in [0.15, 0.2) is 48.5 Å². The van der Waals surface area contributed by atoms with Gasteiger partial charge in [-0.15, -0.1) is 0 Å². The average Bonchev–Trinajstić information content (AvgIpc) is 3.26. The molecule has 1 saturated heterocycles. The predicted molar refractivity (Wildman–Crippen MR) is 99.6 cm³/mol. The molecule has 2 heterocycles. The summed E-state index contributed by atoms with van der Waals surface area (Å²) in [5, 5.41) is 0.714. The molecular formula is C20H20ClN3O.